The standard InChI is InChI=1S/C24H23N3O4S/c1-24(2,3)23-26-20-15-17(12-13-21(20)31-23)25-22(28)16-8-7-9-18(14-16)27-32(29,30)19-10-5-4-6-11-19/h4-15,27H,1-3H3,(H,25,28). The fourth-order valence-corrected chi connectivity index (χ4v) is 4.14. The third-order valence-corrected chi connectivity index (χ3v) is 6.11. The molecule has 0 unspecified atom stereocenters. The first kappa shape index (κ1) is 21.6. The number of fused-ring (bicyclic) bond motifs is 1. The van der Waals surface area contributed by atoms with Crippen LogP contribution in [0.4, 0.5) is 11.4 Å². The molecule has 0 saturated heterocycles. The van der Waals surface area contributed by atoms with Crippen molar-refractivity contribution in [1.29, 1.82) is 0 Å². The van der Waals surface area contributed by atoms with E-state index >= 15 is 0 Å². The van der Waals surface area contributed by atoms with Crippen LogP contribution in [0.1, 0.15) is 37.0 Å². The Morgan fingerprint density at radius 3 is 2.38 bits per heavy atom. The maximum absolute atomic E-state index is 12.8. The highest BCUT2D eigenvalue weighted by atomic mass is 32.2. The minimum absolute atomic E-state index is 0.144. The highest BCUT2D eigenvalue weighted by Gasteiger charge is 2.21. The molecule has 0 saturated carbocycles. The lowest BCUT2D eigenvalue weighted by Crippen LogP contribution is -2.15. The number of carbonyl (C=O) groups excluding carboxylic acids is 1. The van der Waals surface area contributed by atoms with Gasteiger partial charge in [-0.1, -0.05) is 45.0 Å². The van der Waals surface area contributed by atoms with Gasteiger partial charge in [0.25, 0.3) is 15.9 Å². The van der Waals surface area contributed by atoms with Crippen molar-refractivity contribution in [2.24, 2.45) is 0 Å². The monoisotopic (exact) mass is 449 g/mol. The lowest BCUT2D eigenvalue weighted by Gasteiger charge is -2.11. The van der Waals surface area contributed by atoms with Crippen molar-refractivity contribution in [3.8, 4) is 0 Å². The first-order valence-electron chi connectivity index (χ1n) is 10.0. The predicted octanol–water partition coefficient (Wildman–Crippen LogP) is 5.18. The van der Waals surface area contributed by atoms with Crippen molar-refractivity contribution in [3.63, 3.8) is 0 Å². The van der Waals surface area contributed by atoms with E-state index in [0.717, 1.165) is 0 Å². The second kappa shape index (κ2) is 8.12. The normalized spacial score (nSPS) is 12.0. The van der Waals surface area contributed by atoms with Crippen molar-refractivity contribution < 1.29 is 17.6 Å². The quantitative estimate of drug-likeness (QED) is 0.437. The average Bonchev–Trinajstić information content (AvgIpc) is 3.18. The summed E-state index contributed by atoms with van der Waals surface area (Å²) in [5.41, 5.74) is 2.24. The molecule has 0 fully saturated rings. The molecule has 3 aromatic carbocycles. The number of oxazole rings is 1. The lowest BCUT2D eigenvalue weighted by molar-refractivity contribution is 0.102. The van der Waals surface area contributed by atoms with Gasteiger partial charge in [-0.25, -0.2) is 13.4 Å². The van der Waals surface area contributed by atoms with E-state index in [1.165, 1.54) is 18.2 Å². The van der Waals surface area contributed by atoms with Gasteiger partial charge < -0.3 is 9.73 Å². The van der Waals surface area contributed by atoms with E-state index in [9.17, 15) is 13.2 Å². The Morgan fingerprint density at radius 1 is 0.906 bits per heavy atom. The van der Waals surface area contributed by atoms with Crippen molar-refractivity contribution >= 4 is 38.4 Å². The molecule has 0 aliphatic carbocycles. The van der Waals surface area contributed by atoms with E-state index in [-0.39, 0.29) is 16.2 Å². The number of hydrogen-bond acceptors (Lipinski definition) is 5. The molecule has 0 atom stereocenters. The molecule has 0 radical (unpaired) electrons. The molecule has 0 aliphatic rings. The Hall–Kier alpha value is -3.65. The molecular formula is C24H23N3O4S. The van der Waals surface area contributed by atoms with Crippen LogP contribution in [-0.4, -0.2) is 19.3 Å². The molecule has 32 heavy (non-hydrogen) atoms. The van der Waals surface area contributed by atoms with Gasteiger partial charge in [0.05, 0.1) is 4.90 Å². The van der Waals surface area contributed by atoms with Gasteiger partial charge in [0, 0.05) is 22.4 Å². The smallest absolute Gasteiger partial charge is 0.261 e. The number of benzene rings is 3. The summed E-state index contributed by atoms with van der Waals surface area (Å²) in [5, 5.41) is 2.82. The third-order valence-electron chi connectivity index (χ3n) is 4.72. The highest BCUT2D eigenvalue weighted by molar-refractivity contribution is 7.92. The number of carbonyl (C=O) groups is 1. The number of aromatic nitrogens is 1. The predicted molar refractivity (Wildman–Crippen MR) is 124 cm³/mol. The first-order chi connectivity index (χ1) is 15.1. The third kappa shape index (κ3) is 4.65. The fraction of sp³-hybridized carbons (Fsp3) is 0.167. The van der Waals surface area contributed by atoms with E-state index in [1.807, 2.05) is 20.8 Å². The molecule has 1 aromatic heterocycles. The van der Waals surface area contributed by atoms with Crippen molar-refractivity contribution in [2.45, 2.75) is 31.1 Å². The minimum atomic E-state index is -3.75. The maximum atomic E-state index is 12.8. The van der Waals surface area contributed by atoms with Crippen molar-refractivity contribution in [3.05, 3.63) is 84.3 Å². The van der Waals surface area contributed by atoms with E-state index in [4.69, 9.17) is 4.42 Å². The molecule has 7 nitrogen and oxygen atoms in total. The molecule has 0 bridgehead atoms. The summed E-state index contributed by atoms with van der Waals surface area (Å²) in [6, 6.07) is 19.6. The summed E-state index contributed by atoms with van der Waals surface area (Å²) >= 11 is 0. The molecule has 2 N–H and O–H groups in total. The molecule has 164 valence electrons. The van der Waals surface area contributed by atoms with Crippen LogP contribution in [0, 0.1) is 0 Å². The Balaban J connectivity index is 1.53. The highest BCUT2D eigenvalue weighted by Crippen LogP contribution is 2.27. The zero-order valence-corrected chi connectivity index (χ0v) is 18.7. The van der Waals surface area contributed by atoms with Crippen LogP contribution in [0.15, 0.2) is 82.1 Å². The summed E-state index contributed by atoms with van der Waals surface area (Å²) in [6.07, 6.45) is 0. The molecule has 1 amide bonds. The molecule has 4 rings (SSSR count). The topological polar surface area (TPSA) is 101 Å². The number of nitrogens with zero attached hydrogens (tertiary/aromatic N) is 1. The van der Waals surface area contributed by atoms with Crippen LogP contribution in [0.2, 0.25) is 0 Å². The largest absolute Gasteiger partial charge is 0.440 e. The minimum Gasteiger partial charge on any atom is -0.440 e. The van der Waals surface area contributed by atoms with E-state index < -0.39 is 10.0 Å². The summed E-state index contributed by atoms with van der Waals surface area (Å²) < 4.78 is 33.4. The maximum Gasteiger partial charge on any atom is 0.261 e. The van der Waals surface area contributed by atoms with Gasteiger partial charge in [0.15, 0.2) is 5.58 Å². The van der Waals surface area contributed by atoms with Gasteiger partial charge in [-0.15, -0.1) is 0 Å². The van der Waals surface area contributed by atoms with Crippen LogP contribution < -0.4 is 10.0 Å². The number of amides is 1. The van der Waals surface area contributed by atoms with Crippen LogP contribution in [0.25, 0.3) is 11.1 Å². The SMILES string of the molecule is CC(C)(C)c1nc2cc(NC(=O)c3cccc(NS(=O)(=O)c4ccccc4)c3)ccc2o1. The van der Waals surface area contributed by atoms with Crippen LogP contribution in [0.5, 0.6) is 0 Å². The van der Waals surface area contributed by atoms with Crippen LogP contribution >= 0.6 is 0 Å². The van der Waals surface area contributed by atoms with Crippen LogP contribution in [0.3, 0.4) is 0 Å². The summed E-state index contributed by atoms with van der Waals surface area (Å²) in [4.78, 5) is 17.4. The molecular weight excluding hydrogens is 426 g/mol. The average molecular weight is 450 g/mol. The zero-order chi connectivity index (χ0) is 22.9. The fourth-order valence-electron chi connectivity index (χ4n) is 3.07. The van der Waals surface area contributed by atoms with E-state index in [0.29, 0.717) is 33.9 Å². The zero-order valence-electron chi connectivity index (χ0n) is 17.9. The molecule has 4 aromatic rings. The first-order valence-corrected chi connectivity index (χ1v) is 11.5. The Labute approximate surface area is 186 Å². The van der Waals surface area contributed by atoms with Crippen molar-refractivity contribution in [1.82, 2.24) is 4.98 Å². The number of rotatable bonds is 5. The second-order valence-electron chi connectivity index (χ2n) is 8.41. The number of anilines is 2. The van der Waals surface area contributed by atoms with E-state index in [1.54, 1.807) is 54.6 Å². The number of sulfonamides is 1. The Morgan fingerprint density at radius 2 is 1.66 bits per heavy atom. The Kier molecular flexibility index (Phi) is 5.48. The molecule has 8 heteroatoms. The van der Waals surface area contributed by atoms with E-state index in [2.05, 4.69) is 15.0 Å². The van der Waals surface area contributed by atoms with Crippen molar-refractivity contribution in [2.75, 3.05) is 10.0 Å². The van der Waals surface area contributed by atoms with Gasteiger partial charge in [0.2, 0.25) is 5.89 Å². The summed E-state index contributed by atoms with van der Waals surface area (Å²) in [5.74, 6) is 0.249. The van der Waals surface area contributed by atoms with Gasteiger partial charge in [-0.05, 0) is 48.5 Å². The number of hydrogen-bond donors (Lipinski definition) is 2. The summed E-state index contributed by atoms with van der Waals surface area (Å²) in [7, 11) is -3.75. The lowest BCUT2D eigenvalue weighted by atomic mass is 9.97. The van der Waals surface area contributed by atoms with Crippen LogP contribution in [-0.2, 0) is 15.4 Å². The summed E-state index contributed by atoms with van der Waals surface area (Å²) in [6.45, 7) is 6.04. The van der Waals surface area contributed by atoms with Gasteiger partial charge >= 0.3 is 0 Å². The second-order valence-corrected chi connectivity index (χ2v) is 10.1. The van der Waals surface area contributed by atoms with Gasteiger partial charge in [0.1, 0.15) is 5.52 Å². The van der Waals surface area contributed by atoms with Gasteiger partial charge in [-0.2, -0.15) is 0 Å². The molecule has 0 aliphatic heterocycles. The molecule has 1 heterocycles. The Bertz CT molecular complexity index is 1390. The van der Waals surface area contributed by atoms with Gasteiger partial charge in [-0.3, -0.25) is 9.52 Å². The number of nitrogens with one attached hydrogen (secondary N) is 2. The molecule has 0 spiro atoms.